The van der Waals surface area contributed by atoms with Gasteiger partial charge < -0.3 is 10.0 Å². The van der Waals surface area contributed by atoms with Crippen LogP contribution in [-0.2, 0) is 6.54 Å². The first-order valence-corrected chi connectivity index (χ1v) is 8.72. The second-order valence-electron chi connectivity index (χ2n) is 4.76. The summed E-state index contributed by atoms with van der Waals surface area (Å²) in [5, 5.41) is 6.23. The van der Waals surface area contributed by atoms with E-state index in [0.29, 0.717) is 0 Å². The third-order valence-electron chi connectivity index (χ3n) is 3.15. The molecule has 112 valence electrons. The van der Waals surface area contributed by atoms with E-state index in [0.717, 1.165) is 22.8 Å². The van der Waals surface area contributed by atoms with E-state index >= 15 is 0 Å². The SMILES string of the molecule is CNCc1ccc(-c2nccs2)c(NSc2ccccc2)c1. The molecule has 0 aliphatic heterocycles. The Morgan fingerprint density at radius 3 is 2.73 bits per heavy atom. The van der Waals surface area contributed by atoms with Gasteiger partial charge in [0.2, 0.25) is 0 Å². The fraction of sp³-hybridized carbons (Fsp3) is 0.118. The van der Waals surface area contributed by atoms with Gasteiger partial charge in [-0.25, -0.2) is 4.98 Å². The van der Waals surface area contributed by atoms with Crippen LogP contribution in [-0.4, -0.2) is 12.0 Å². The molecular weight excluding hydrogens is 310 g/mol. The van der Waals surface area contributed by atoms with Crippen molar-refractivity contribution in [2.75, 3.05) is 11.8 Å². The Hall–Kier alpha value is -1.82. The molecule has 0 radical (unpaired) electrons. The number of nitrogens with one attached hydrogen (secondary N) is 2. The van der Waals surface area contributed by atoms with Crippen LogP contribution in [0.4, 0.5) is 5.69 Å². The van der Waals surface area contributed by atoms with Crippen molar-refractivity contribution >= 4 is 29.0 Å². The van der Waals surface area contributed by atoms with E-state index in [1.165, 1.54) is 10.5 Å². The number of aromatic nitrogens is 1. The van der Waals surface area contributed by atoms with Crippen molar-refractivity contribution in [3.05, 3.63) is 65.7 Å². The molecule has 0 atom stereocenters. The topological polar surface area (TPSA) is 37.0 Å². The molecule has 0 amide bonds. The molecule has 0 fully saturated rings. The molecule has 0 spiro atoms. The zero-order chi connectivity index (χ0) is 15.2. The van der Waals surface area contributed by atoms with Crippen LogP contribution >= 0.6 is 23.3 Å². The zero-order valence-corrected chi connectivity index (χ0v) is 13.9. The van der Waals surface area contributed by atoms with Crippen molar-refractivity contribution in [3.63, 3.8) is 0 Å². The predicted molar refractivity (Wildman–Crippen MR) is 96.2 cm³/mol. The summed E-state index contributed by atoms with van der Waals surface area (Å²) in [4.78, 5) is 5.62. The van der Waals surface area contributed by atoms with Crippen LogP contribution in [0.15, 0.2) is 65.0 Å². The highest BCUT2D eigenvalue weighted by molar-refractivity contribution is 8.00. The monoisotopic (exact) mass is 327 g/mol. The van der Waals surface area contributed by atoms with Crippen molar-refractivity contribution < 1.29 is 0 Å². The van der Waals surface area contributed by atoms with Crippen LogP contribution in [0.5, 0.6) is 0 Å². The predicted octanol–water partition coefficient (Wildman–Crippen LogP) is 4.65. The highest BCUT2D eigenvalue weighted by Crippen LogP contribution is 2.33. The molecule has 22 heavy (non-hydrogen) atoms. The van der Waals surface area contributed by atoms with E-state index in [4.69, 9.17) is 0 Å². The summed E-state index contributed by atoms with van der Waals surface area (Å²) in [6, 6.07) is 16.8. The summed E-state index contributed by atoms with van der Waals surface area (Å²) in [5.74, 6) is 0. The Bertz CT molecular complexity index is 712. The van der Waals surface area contributed by atoms with Crippen LogP contribution in [0.25, 0.3) is 10.6 Å². The van der Waals surface area contributed by atoms with Gasteiger partial charge in [0.15, 0.2) is 0 Å². The average Bonchev–Trinajstić information content (AvgIpc) is 3.09. The maximum absolute atomic E-state index is 4.43. The third-order valence-corrected chi connectivity index (χ3v) is 4.79. The van der Waals surface area contributed by atoms with Crippen LogP contribution in [0.3, 0.4) is 0 Å². The molecule has 3 aromatic rings. The molecule has 1 heterocycles. The van der Waals surface area contributed by atoms with Gasteiger partial charge in [-0.05, 0) is 48.8 Å². The van der Waals surface area contributed by atoms with Crippen molar-refractivity contribution in [2.24, 2.45) is 0 Å². The summed E-state index contributed by atoms with van der Waals surface area (Å²) in [6.45, 7) is 0.850. The van der Waals surface area contributed by atoms with Crippen molar-refractivity contribution in [3.8, 4) is 10.6 Å². The van der Waals surface area contributed by atoms with Crippen molar-refractivity contribution in [1.29, 1.82) is 0 Å². The Balaban J connectivity index is 1.87. The number of hydrogen-bond donors (Lipinski definition) is 2. The summed E-state index contributed by atoms with van der Waals surface area (Å²) < 4.78 is 3.47. The minimum Gasteiger partial charge on any atom is -0.325 e. The Morgan fingerprint density at radius 2 is 2.00 bits per heavy atom. The molecule has 0 aliphatic rings. The van der Waals surface area contributed by atoms with Crippen LogP contribution < -0.4 is 10.0 Å². The molecular formula is C17H17N3S2. The summed E-state index contributed by atoms with van der Waals surface area (Å²) in [7, 11) is 1.96. The van der Waals surface area contributed by atoms with Crippen LogP contribution in [0.1, 0.15) is 5.56 Å². The van der Waals surface area contributed by atoms with E-state index < -0.39 is 0 Å². The molecule has 3 nitrogen and oxygen atoms in total. The minimum atomic E-state index is 0.850. The summed E-state index contributed by atoms with van der Waals surface area (Å²) >= 11 is 3.27. The molecule has 0 bridgehead atoms. The Labute approximate surface area is 138 Å². The van der Waals surface area contributed by atoms with Gasteiger partial charge >= 0.3 is 0 Å². The number of hydrogen-bond acceptors (Lipinski definition) is 5. The summed E-state index contributed by atoms with van der Waals surface area (Å²) in [5.41, 5.74) is 3.48. The molecule has 2 aromatic carbocycles. The smallest absolute Gasteiger partial charge is 0.125 e. The number of anilines is 1. The summed E-state index contributed by atoms with van der Waals surface area (Å²) in [6.07, 6.45) is 1.84. The maximum atomic E-state index is 4.43. The number of rotatable bonds is 6. The van der Waals surface area contributed by atoms with E-state index in [1.807, 2.05) is 36.8 Å². The quantitative estimate of drug-likeness (QED) is 0.646. The zero-order valence-electron chi connectivity index (χ0n) is 12.2. The Kier molecular flexibility index (Phi) is 5.11. The van der Waals surface area contributed by atoms with Crippen LogP contribution in [0.2, 0.25) is 0 Å². The largest absolute Gasteiger partial charge is 0.325 e. The van der Waals surface area contributed by atoms with Crippen molar-refractivity contribution in [1.82, 2.24) is 10.3 Å². The van der Waals surface area contributed by atoms with Gasteiger partial charge in [0.25, 0.3) is 0 Å². The van der Waals surface area contributed by atoms with E-state index in [9.17, 15) is 0 Å². The van der Waals surface area contributed by atoms with Gasteiger partial charge in [0.05, 0.1) is 5.69 Å². The third kappa shape index (κ3) is 3.68. The second-order valence-corrected chi connectivity index (χ2v) is 6.54. The van der Waals surface area contributed by atoms with Crippen molar-refractivity contribution in [2.45, 2.75) is 11.4 Å². The van der Waals surface area contributed by atoms with Gasteiger partial charge in [-0.3, -0.25) is 0 Å². The number of nitrogens with zero attached hydrogens (tertiary/aromatic N) is 1. The molecule has 5 heteroatoms. The average molecular weight is 327 g/mol. The first-order chi connectivity index (χ1) is 10.9. The van der Waals surface area contributed by atoms with Gasteiger partial charge in [-0.2, -0.15) is 0 Å². The highest BCUT2D eigenvalue weighted by atomic mass is 32.2. The lowest BCUT2D eigenvalue weighted by Gasteiger charge is -2.12. The first-order valence-electron chi connectivity index (χ1n) is 7.02. The lowest BCUT2D eigenvalue weighted by atomic mass is 10.1. The van der Waals surface area contributed by atoms with E-state index in [-0.39, 0.29) is 0 Å². The molecule has 2 N–H and O–H groups in total. The van der Waals surface area contributed by atoms with Gasteiger partial charge in [0, 0.05) is 28.6 Å². The fourth-order valence-corrected chi connectivity index (χ4v) is 3.50. The molecule has 0 saturated heterocycles. The lowest BCUT2D eigenvalue weighted by molar-refractivity contribution is 0.818. The molecule has 0 unspecified atom stereocenters. The van der Waals surface area contributed by atoms with Gasteiger partial charge in [-0.1, -0.05) is 24.3 Å². The normalized spacial score (nSPS) is 10.6. The molecule has 0 aliphatic carbocycles. The fourth-order valence-electron chi connectivity index (χ4n) is 2.14. The second kappa shape index (κ2) is 7.45. The minimum absolute atomic E-state index is 0.850. The number of benzene rings is 2. The first kappa shape index (κ1) is 15.1. The Morgan fingerprint density at radius 1 is 1.14 bits per heavy atom. The van der Waals surface area contributed by atoms with Gasteiger partial charge in [0.1, 0.15) is 5.01 Å². The van der Waals surface area contributed by atoms with E-state index in [1.54, 1.807) is 23.3 Å². The molecule has 3 rings (SSSR count). The van der Waals surface area contributed by atoms with Crippen LogP contribution in [0, 0.1) is 0 Å². The molecule has 0 saturated carbocycles. The standard InChI is InChI=1S/C17H17N3S2/c1-18-12-13-7-8-15(17-19-9-10-21-17)16(11-13)20-22-14-5-3-2-4-6-14/h2-11,18,20H,12H2,1H3. The number of thiazole rings is 1. The highest BCUT2D eigenvalue weighted by Gasteiger charge is 2.09. The van der Waals surface area contributed by atoms with E-state index in [2.05, 4.69) is 45.4 Å². The maximum Gasteiger partial charge on any atom is 0.125 e. The van der Waals surface area contributed by atoms with Gasteiger partial charge in [-0.15, -0.1) is 11.3 Å². The lowest BCUT2D eigenvalue weighted by Crippen LogP contribution is -2.05. The molecule has 1 aromatic heterocycles.